The SMILES string of the molecule is CC[C@H](C)[C@@H]([C@@H](CC(=O)N1CCCC1[C@H](OC)[C@@H](C)C(=O)N[C@@H](Cc1ccccc1)C(=O)OC)OC)N(C)C(=O)[C@@H](NC(=O)[C@H](C(C)C)N(C)Cc1ccc(OC(=O)OC(C)(C)C)cc1)C(C)C. The molecular formula is C52H81N5O11. The fraction of sp³-hybridized carbons (Fsp3) is 0.654. The Hall–Kier alpha value is -5.06. The maximum Gasteiger partial charge on any atom is 0.514 e. The van der Waals surface area contributed by atoms with E-state index in [4.69, 9.17) is 23.7 Å². The first kappa shape index (κ1) is 57.3. The number of rotatable bonds is 24. The van der Waals surface area contributed by atoms with Crippen LogP contribution in [0.3, 0.4) is 0 Å². The molecule has 16 nitrogen and oxygen atoms in total. The summed E-state index contributed by atoms with van der Waals surface area (Å²) in [6.07, 6.45) is 0.0307. The molecule has 1 aliphatic heterocycles. The van der Waals surface area contributed by atoms with Crippen LogP contribution in [0.25, 0.3) is 0 Å². The zero-order valence-corrected chi connectivity index (χ0v) is 43.3. The third-order valence-corrected chi connectivity index (χ3v) is 12.9. The van der Waals surface area contributed by atoms with Crippen LogP contribution in [0.15, 0.2) is 54.6 Å². The van der Waals surface area contributed by atoms with Gasteiger partial charge in [0, 0.05) is 40.8 Å². The minimum atomic E-state index is -0.914. The molecule has 0 aliphatic carbocycles. The molecule has 0 spiro atoms. The van der Waals surface area contributed by atoms with Gasteiger partial charge >= 0.3 is 12.1 Å². The summed E-state index contributed by atoms with van der Waals surface area (Å²) in [5, 5.41) is 5.96. The minimum Gasteiger partial charge on any atom is -0.467 e. The first-order valence-corrected chi connectivity index (χ1v) is 24.0. The molecule has 0 radical (unpaired) electrons. The molecule has 68 heavy (non-hydrogen) atoms. The van der Waals surface area contributed by atoms with Gasteiger partial charge in [0.1, 0.15) is 23.4 Å². The molecule has 4 amide bonds. The van der Waals surface area contributed by atoms with Gasteiger partial charge in [-0.15, -0.1) is 0 Å². The molecule has 3 rings (SSSR count). The molecule has 1 fully saturated rings. The third-order valence-electron chi connectivity index (χ3n) is 12.9. The van der Waals surface area contributed by atoms with Crippen LogP contribution < -0.4 is 15.4 Å². The third kappa shape index (κ3) is 16.3. The van der Waals surface area contributed by atoms with Crippen LogP contribution in [0, 0.1) is 23.7 Å². The average molecular weight is 952 g/mol. The van der Waals surface area contributed by atoms with Crippen LogP contribution in [0.4, 0.5) is 4.79 Å². The number of benzene rings is 2. The lowest BCUT2D eigenvalue weighted by Gasteiger charge is -2.41. The highest BCUT2D eigenvalue weighted by Gasteiger charge is 2.44. The molecule has 1 unspecified atom stereocenters. The van der Waals surface area contributed by atoms with Gasteiger partial charge < -0.3 is 44.1 Å². The molecule has 0 saturated carbocycles. The number of carbonyl (C=O) groups is 6. The fourth-order valence-corrected chi connectivity index (χ4v) is 9.19. The summed E-state index contributed by atoms with van der Waals surface area (Å²) in [5.74, 6) is -2.63. The van der Waals surface area contributed by atoms with E-state index < -0.39 is 72.0 Å². The van der Waals surface area contributed by atoms with E-state index in [1.807, 2.05) is 96.0 Å². The zero-order chi connectivity index (χ0) is 51.0. The second-order valence-corrected chi connectivity index (χ2v) is 19.9. The van der Waals surface area contributed by atoms with E-state index in [1.165, 1.54) is 21.3 Å². The minimum absolute atomic E-state index is 0.0365. The predicted octanol–water partition coefficient (Wildman–Crippen LogP) is 6.42. The number of likely N-dealkylation sites (N-methyl/N-ethyl adjacent to an activating group) is 2. The van der Waals surface area contributed by atoms with Crippen LogP contribution in [0.5, 0.6) is 5.75 Å². The van der Waals surface area contributed by atoms with Crippen molar-refractivity contribution in [2.24, 2.45) is 23.7 Å². The molecule has 0 bridgehead atoms. The van der Waals surface area contributed by atoms with Gasteiger partial charge in [-0.1, -0.05) is 97.4 Å². The Kier molecular flexibility index (Phi) is 22.4. The molecule has 16 heteroatoms. The Morgan fingerprint density at radius 3 is 1.97 bits per heavy atom. The van der Waals surface area contributed by atoms with Gasteiger partial charge in [0.25, 0.3) is 0 Å². The summed E-state index contributed by atoms with van der Waals surface area (Å²) in [7, 11) is 7.90. The number of amides is 4. The van der Waals surface area contributed by atoms with E-state index in [1.54, 1.807) is 56.7 Å². The lowest BCUT2D eigenvalue weighted by atomic mass is 9.89. The lowest BCUT2D eigenvalue weighted by molar-refractivity contribution is -0.149. The molecule has 9 atom stereocenters. The Labute approximate surface area is 405 Å². The Bertz CT molecular complexity index is 1940. The molecule has 2 aromatic rings. The van der Waals surface area contributed by atoms with Crippen LogP contribution in [0.1, 0.15) is 106 Å². The van der Waals surface area contributed by atoms with Gasteiger partial charge in [0.15, 0.2) is 0 Å². The van der Waals surface area contributed by atoms with Gasteiger partial charge in [-0.2, -0.15) is 0 Å². The summed E-state index contributed by atoms with van der Waals surface area (Å²) < 4.78 is 27.6. The summed E-state index contributed by atoms with van der Waals surface area (Å²) in [6, 6.07) is 13.0. The average Bonchev–Trinajstić information content (AvgIpc) is 3.77. The molecule has 2 aromatic carbocycles. The first-order valence-electron chi connectivity index (χ1n) is 24.0. The van der Waals surface area contributed by atoms with Crippen molar-refractivity contribution in [3.05, 3.63) is 65.7 Å². The van der Waals surface area contributed by atoms with Crippen molar-refractivity contribution in [3.63, 3.8) is 0 Å². The van der Waals surface area contributed by atoms with Crippen LogP contribution >= 0.6 is 0 Å². The first-order chi connectivity index (χ1) is 32.0. The van der Waals surface area contributed by atoms with Crippen molar-refractivity contribution in [1.29, 1.82) is 0 Å². The van der Waals surface area contributed by atoms with E-state index in [9.17, 15) is 28.8 Å². The van der Waals surface area contributed by atoms with Crippen molar-refractivity contribution in [2.75, 3.05) is 42.0 Å². The summed E-state index contributed by atoms with van der Waals surface area (Å²) in [5.41, 5.74) is 1.06. The van der Waals surface area contributed by atoms with E-state index in [0.717, 1.165) is 11.1 Å². The summed E-state index contributed by atoms with van der Waals surface area (Å²) >= 11 is 0. The Morgan fingerprint density at radius 1 is 0.809 bits per heavy atom. The maximum absolute atomic E-state index is 14.7. The predicted molar refractivity (Wildman–Crippen MR) is 260 cm³/mol. The fourth-order valence-electron chi connectivity index (χ4n) is 9.19. The second-order valence-electron chi connectivity index (χ2n) is 19.9. The highest BCUT2D eigenvalue weighted by Crippen LogP contribution is 2.30. The second kappa shape index (κ2) is 26.6. The van der Waals surface area contributed by atoms with Gasteiger partial charge in [0.2, 0.25) is 23.6 Å². The van der Waals surface area contributed by atoms with E-state index >= 15 is 0 Å². The van der Waals surface area contributed by atoms with E-state index in [-0.39, 0.29) is 48.3 Å². The number of carbonyl (C=O) groups excluding carboxylic acids is 6. The topological polar surface area (TPSA) is 182 Å². The van der Waals surface area contributed by atoms with Gasteiger partial charge in [0.05, 0.1) is 49.8 Å². The molecule has 1 saturated heterocycles. The summed E-state index contributed by atoms with van der Waals surface area (Å²) in [4.78, 5) is 87.3. The number of hydrogen-bond donors (Lipinski definition) is 2. The van der Waals surface area contributed by atoms with Crippen molar-refractivity contribution in [2.45, 2.75) is 156 Å². The zero-order valence-electron chi connectivity index (χ0n) is 43.3. The van der Waals surface area contributed by atoms with Crippen LogP contribution in [0.2, 0.25) is 0 Å². The molecule has 1 aliphatic rings. The monoisotopic (exact) mass is 952 g/mol. The summed E-state index contributed by atoms with van der Waals surface area (Å²) in [6.45, 7) is 19.6. The number of methoxy groups -OCH3 is 3. The van der Waals surface area contributed by atoms with E-state index in [0.29, 0.717) is 38.1 Å². The van der Waals surface area contributed by atoms with Gasteiger partial charge in [-0.25, -0.2) is 9.59 Å². The van der Waals surface area contributed by atoms with Crippen LogP contribution in [-0.4, -0.2) is 140 Å². The normalized spacial score (nSPS) is 17.6. The number of esters is 1. The van der Waals surface area contributed by atoms with Crippen molar-refractivity contribution < 1.29 is 52.5 Å². The highest BCUT2D eigenvalue weighted by atomic mass is 16.7. The van der Waals surface area contributed by atoms with Gasteiger partial charge in [-0.05, 0) is 81.7 Å². The Balaban J connectivity index is 1.76. The smallest absolute Gasteiger partial charge is 0.467 e. The van der Waals surface area contributed by atoms with Crippen molar-refractivity contribution in [3.8, 4) is 5.75 Å². The molecular weight excluding hydrogens is 871 g/mol. The highest BCUT2D eigenvalue weighted by molar-refractivity contribution is 5.90. The number of ether oxygens (including phenoxy) is 5. The largest absolute Gasteiger partial charge is 0.514 e. The molecule has 0 aromatic heterocycles. The standard InChI is InChI=1S/C52H81N5O11/c1-16-34(6)45(41(64-13)30-42(58)57-28-20-23-40(57)46(65-14)35(7)47(59)53-39(50(62)66-15)29-36-21-18-17-19-22-36)56(12)49(61)43(32(2)3)54-48(60)44(33(4)5)55(11)31-37-24-26-38(27-25-37)67-51(63)68-52(8,9)10/h17-19,21-22,24-27,32-35,39-41,43-46H,16,20,23,28-31H2,1-15H3,(H,53,59)(H,54,60)/t34-,35+,39-,40?,41+,43-,44-,45-,46+/m0/s1. The lowest BCUT2D eigenvalue weighted by Crippen LogP contribution is -2.60. The molecule has 380 valence electrons. The maximum atomic E-state index is 14.7. The molecule has 2 N–H and O–H groups in total. The number of nitrogens with zero attached hydrogens (tertiary/aromatic N) is 3. The quantitative estimate of drug-likeness (QED) is 0.0872. The molecule has 1 heterocycles. The van der Waals surface area contributed by atoms with Crippen molar-refractivity contribution in [1.82, 2.24) is 25.3 Å². The number of nitrogens with one attached hydrogen (secondary N) is 2. The van der Waals surface area contributed by atoms with Crippen LogP contribution in [-0.2, 0) is 55.9 Å². The Morgan fingerprint density at radius 2 is 1.44 bits per heavy atom. The van der Waals surface area contributed by atoms with Gasteiger partial charge in [-0.3, -0.25) is 24.1 Å². The number of likely N-dealkylation sites (tertiary alicyclic amines) is 1. The van der Waals surface area contributed by atoms with E-state index in [2.05, 4.69) is 10.6 Å². The van der Waals surface area contributed by atoms with Crippen molar-refractivity contribution >= 4 is 35.8 Å². The number of hydrogen-bond acceptors (Lipinski definition) is 12.